The fourth-order valence-corrected chi connectivity index (χ4v) is 0.340. The molecule has 0 aromatic carbocycles. The minimum Gasteiger partial charge on any atom is -0.380 e. The molecule has 0 saturated heterocycles. The van der Waals surface area contributed by atoms with E-state index in [1.807, 2.05) is 13.8 Å². The maximum absolute atomic E-state index is 5.12. The largest absolute Gasteiger partial charge is 0.380 e. The van der Waals surface area contributed by atoms with Gasteiger partial charge in [0, 0.05) is 13.2 Å². The van der Waals surface area contributed by atoms with Crippen LogP contribution in [0.2, 0.25) is 0 Å². The highest BCUT2D eigenvalue weighted by molar-refractivity contribution is 4.62. The number of hydrazine groups is 1. The van der Waals surface area contributed by atoms with Gasteiger partial charge in [-0.25, -0.2) is 0 Å². The number of hydrogen-bond acceptors (Lipinski definition) is 3. The zero-order valence-corrected chi connectivity index (χ0v) is 5.64. The number of hydrogen-bond donors (Lipinski definition) is 2. The fraction of sp³-hybridized carbons (Fsp3) is 1.00. The number of nitrogens with one attached hydrogen (secondary N) is 1. The second-order valence-corrected chi connectivity index (χ2v) is 1.90. The van der Waals surface area contributed by atoms with Gasteiger partial charge in [0.15, 0.2) is 0 Å². The molecule has 0 bridgehead atoms. The lowest BCUT2D eigenvalue weighted by Crippen LogP contribution is -2.40. The van der Waals surface area contributed by atoms with Gasteiger partial charge in [0.1, 0.15) is 0 Å². The van der Waals surface area contributed by atoms with E-state index in [2.05, 4.69) is 5.43 Å². The van der Waals surface area contributed by atoms with Gasteiger partial charge in [-0.1, -0.05) is 0 Å². The zero-order valence-electron chi connectivity index (χ0n) is 5.64. The van der Waals surface area contributed by atoms with E-state index in [0.717, 1.165) is 0 Å². The van der Waals surface area contributed by atoms with Gasteiger partial charge in [0.2, 0.25) is 0 Å². The Hall–Kier alpha value is -0.120. The van der Waals surface area contributed by atoms with Gasteiger partial charge < -0.3 is 4.74 Å². The quantitative estimate of drug-likeness (QED) is 0.401. The third-order valence-electron chi connectivity index (χ3n) is 1.34. The lowest BCUT2D eigenvalue weighted by Gasteiger charge is -2.16. The molecular formula is C5H14N2O. The highest BCUT2D eigenvalue weighted by Gasteiger charge is 2.06. The molecule has 3 N–H and O–H groups in total. The first-order chi connectivity index (χ1) is 3.72. The normalized spacial score (nSPS) is 18.0. The van der Waals surface area contributed by atoms with Gasteiger partial charge in [-0.3, -0.25) is 11.3 Å². The molecule has 0 rings (SSSR count). The summed E-state index contributed by atoms with van der Waals surface area (Å²) in [7, 11) is 1.67. The van der Waals surface area contributed by atoms with Crippen LogP contribution in [0.3, 0.4) is 0 Å². The molecule has 0 aliphatic rings. The van der Waals surface area contributed by atoms with Crippen LogP contribution in [0.25, 0.3) is 0 Å². The lowest BCUT2D eigenvalue weighted by molar-refractivity contribution is 0.0890. The first-order valence-electron chi connectivity index (χ1n) is 2.71. The van der Waals surface area contributed by atoms with Crippen LogP contribution in [0.5, 0.6) is 0 Å². The summed E-state index contributed by atoms with van der Waals surface area (Å²) >= 11 is 0. The van der Waals surface area contributed by atoms with E-state index in [1.165, 1.54) is 0 Å². The summed E-state index contributed by atoms with van der Waals surface area (Å²) in [4.78, 5) is 0. The SMILES string of the molecule is COC(C)C(C)NN. The fourth-order valence-electron chi connectivity index (χ4n) is 0.340. The monoisotopic (exact) mass is 118 g/mol. The molecule has 0 amide bonds. The molecular weight excluding hydrogens is 104 g/mol. The molecule has 0 heterocycles. The van der Waals surface area contributed by atoms with Crippen molar-refractivity contribution in [3.8, 4) is 0 Å². The molecule has 8 heavy (non-hydrogen) atoms. The minimum absolute atomic E-state index is 0.181. The first-order valence-corrected chi connectivity index (χ1v) is 2.71. The Kier molecular flexibility index (Phi) is 3.77. The van der Waals surface area contributed by atoms with Gasteiger partial charge >= 0.3 is 0 Å². The molecule has 0 aromatic heterocycles. The predicted octanol–water partition coefficient (Wildman–Crippen LogP) is -0.127. The van der Waals surface area contributed by atoms with Crippen LogP contribution in [-0.4, -0.2) is 19.3 Å². The van der Waals surface area contributed by atoms with Crippen LogP contribution >= 0.6 is 0 Å². The van der Waals surface area contributed by atoms with E-state index in [9.17, 15) is 0 Å². The highest BCUT2D eigenvalue weighted by atomic mass is 16.5. The van der Waals surface area contributed by atoms with E-state index in [0.29, 0.717) is 0 Å². The van der Waals surface area contributed by atoms with E-state index in [-0.39, 0.29) is 12.1 Å². The summed E-state index contributed by atoms with van der Waals surface area (Å²) in [6.07, 6.45) is 0.181. The molecule has 2 unspecified atom stereocenters. The standard InChI is InChI=1S/C5H14N2O/c1-4(7-6)5(2)8-3/h4-5,7H,6H2,1-3H3. The van der Waals surface area contributed by atoms with Crippen molar-refractivity contribution in [2.75, 3.05) is 7.11 Å². The zero-order chi connectivity index (χ0) is 6.57. The number of methoxy groups -OCH3 is 1. The molecule has 0 fully saturated rings. The Balaban J connectivity index is 3.29. The van der Waals surface area contributed by atoms with Gasteiger partial charge in [0.05, 0.1) is 6.10 Å². The Morgan fingerprint density at radius 1 is 1.50 bits per heavy atom. The van der Waals surface area contributed by atoms with Gasteiger partial charge in [-0.05, 0) is 13.8 Å². The summed E-state index contributed by atoms with van der Waals surface area (Å²) < 4.78 is 4.96. The molecule has 0 radical (unpaired) electrons. The molecule has 50 valence electrons. The highest BCUT2D eigenvalue weighted by Crippen LogP contribution is 1.92. The Bertz CT molecular complexity index is 50.4. The van der Waals surface area contributed by atoms with Crippen molar-refractivity contribution in [2.45, 2.75) is 26.0 Å². The third-order valence-corrected chi connectivity index (χ3v) is 1.34. The second-order valence-electron chi connectivity index (χ2n) is 1.90. The van der Waals surface area contributed by atoms with Crippen LogP contribution < -0.4 is 11.3 Å². The first kappa shape index (κ1) is 7.88. The number of nitrogens with two attached hydrogens (primary N) is 1. The van der Waals surface area contributed by atoms with Crippen molar-refractivity contribution in [2.24, 2.45) is 5.84 Å². The molecule has 3 nitrogen and oxygen atoms in total. The molecule has 0 aliphatic heterocycles. The Labute approximate surface area is 50.2 Å². The molecule has 3 heteroatoms. The average Bonchev–Trinajstić information content (AvgIpc) is 1.84. The Morgan fingerprint density at radius 3 is 2.12 bits per heavy atom. The summed E-state index contributed by atoms with van der Waals surface area (Å²) in [5, 5.41) is 0. The summed E-state index contributed by atoms with van der Waals surface area (Å²) in [5.41, 5.74) is 2.59. The third kappa shape index (κ3) is 2.26. The maximum Gasteiger partial charge on any atom is 0.0706 e. The van der Waals surface area contributed by atoms with Crippen molar-refractivity contribution >= 4 is 0 Å². The maximum atomic E-state index is 5.12. The molecule has 2 atom stereocenters. The van der Waals surface area contributed by atoms with Crippen LogP contribution in [-0.2, 0) is 4.74 Å². The predicted molar refractivity (Wildman–Crippen MR) is 33.3 cm³/mol. The van der Waals surface area contributed by atoms with E-state index in [4.69, 9.17) is 10.6 Å². The van der Waals surface area contributed by atoms with Crippen molar-refractivity contribution < 1.29 is 4.74 Å². The molecule has 0 saturated carbocycles. The van der Waals surface area contributed by atoms with E-state index in [1.54, 1.807) is 7.11 Å². The van der Waals surface area contributed by atoms with Gasteiger partial charge in [0.25, 0.3) is 0 Å². The summed E-state index contributed by atoms with van der Waals surface area (Å²) in [5.74, 6) is 5.12. The smallest absolute Gasteiger partial charge is 0.0706 e. The van der Waals surface area contributed by atoms with E-state index >= 15 is 0 Å². The second kappa shape index (κ2) is 3.83. The number of ether oxygens (including phenoxy) is 1. The Morgan fingerprint density at radius 2 is 2.00 bits per heavy atom. The molecule has 0 aliphatic carbocycles. The van der Waals surface area contributed by atoms with Crippen molar-refractivity contribution in [3.05, 3.63) is 0 Å². The average molecular weight is 118 g/mol. The number of rotatable bonds is 3. The van der Waals surface area contributed by atoms with Crippen molar-refractivity contribution in [3.63, 3.8) is 0 Å². The van der Waals surface area contributed by atoms with E-state index < -0.39 is 0 Å². The minimum atomic E-state index is 0.181. The molecule has 0 aromatic rings. The summed E-state index contributed by atoms with van der Waals surface area (Å²) in [6.45, 7) is 3.93. The van der Waals surface area contributed by atoms with Crippen LogP contribution in [0.1, 0.15) is 13.8 Å². The topological polar surface area (TPSA) is 47.3 Å². The van der Waals surface area contributed by atoms with Crippen molar-refractivity contribution in [1.82, 2.24) is 5.43 Å². The summed E-state index contributed by atoms with van der Waals surface area (Å²) in [6, 6.07) is 0.222. The van der Waals surface area contributed by atoms with Gasteiger partial charge in [-0.15, -0.1) is 0 Å². The van der Waals surface area contributed by atoms with Crippen molar-refractivity contribution in [1.29, 1.82) is 0 Å². The molecule has 0 spiro atoms. The van der Waals surface area contributed by atoms with Crippen LogP contribution in [0, 0.1) is 0 Å². The van der Waals surface area contributed by atoms with Crippen LogP contribution in [0.4, 0.5) is 0 Å². The van der Waals surface area contributed by atoms with Gasteiger partial charge in [-0.2, -0.15) is 0 Å². The van der Waals surface area contributed by atoms with Crippen LogP contribution in [0.15, 0.2) is 0 Å². The lowest BCUT2D eigenvalue weighted by atomic mass is 10.2.